The molecule has 4 rings (SSSR count). The van der Waals surface area contributed by atoms with Gasteiger partial charge in [0.15, 0.2) is 11.6 Å². The van der Waals surface area contributed by atoms with Gasteiger partial charge in [0.2, 0.25) is 0 Å². The number of pyridine rings is 1. The van der Waals surface area contributed by atoms with Crippen LogP contribution in [0.5, 0.6) is 0 Å². The standard InChI is InChI=1S/C25H23F3N2/c1-17-24(27)22(16-23(26)25(17)28)21-9-14-30(15-10-21)13-8-18-2-4-19(5-3-18)20-6-11-29-12-7-20/h2-7,9,11-12,16H,8,10,13-15H2,1H3. The number of halogens is 3. The van der Waals surface area contributed by atoms with Crippen molar-refractivity contribution in [3.63, 3.8) is 0 Å². The molecule has 1 aliphatic rings. The molecule has 1 aliphatic heterocycles. The van der Waals surface area contributed by atoms with Crippen molar-refractivity contribution in [1.29, 1.82) is 0 Å². The summed E-state index contributed by atoms with van der Waals surface area (Å²) in [6.45, 7) is 3.59. The Hall–Kier alpha value is -2.92. The molecule has 154 valence electrons. The number of nitrogens with zero attached hydrogens (tertiary/aromatic N) is 2. The molecule has 0 amide bonds. The molecule has 5 heteroatoms. The molecule has 0 N–H and O–H groups in total. The summed E-state index contributed by atoms with van der Waals surface area (Å²) in [5, 5.41) is 0. The Balaban J connectivity index is 1.37. The minimum absolute atomic E-state index is 0.178. The van der Waals surface area contributed by atoms with Gasteiger partial charge in [-0.3, -0.25) is 9.88 Å². The summed E-state index contributed by atoms with van der Waals surface area (Å²) < 4.78 is 41.6. The van der Waals surface area contributed by atoms with Gasteiger partial charge in [0.05, 0.1) is 0 Å². The average Bonchev–Trinajstić information content (AvgIpc) is 2.80. The Bertz CT molecular complexity index is 1060. The van der Waals surface area contributed by atoms with Crippen molar-refractivity contribution < 1.29 is 13.2 Å². The number of aromatic nitrogens is 1. The van der Waals surface area contributed by atoms with Gasteiger partial charge in [-0.2, -0.15) is 0 Å². The maximum absolute atomic E-state index is 14.4. The van der Waals surface area contributed by atoms with E-state index in [0.717, 1.165) is 42.3 Å². The number of hydrogen-bond donors (Lipinski definition) is 0. The largest absolute Gasteiger partial charge is 0.299 e. The second-order valence-corrected chi connectivity index (χ2v) is 7.62. The molecule has 2 nitrogen and oxygen atoms in total. The van der Waals surface area contributed by atoms with Crippen LogP contribution >= 0.6 is 0 Å². The van der Waals surface area contributed by atoms with E-state index in [1.807, 2.05) is 18.2 Å². The fourth-order valence-electron chi connectivity index (χ4n) is 3.82. The van der Waals surface area contributed by atoms with Crippen molar-refractivity contribution in [3.8, 4) is 11.1 Å². The summed E-state index contributed by atoms with van der Waals surface area (Å²) in [5.41, 5.74) is 4.22. The molecule has 2 heterocycles. The van der Waals surface area contributed by atoms with Crippen LogP contribution in [0.1, 0.15) is 23.1 Å². The van der Waals surface area contributed by atoms with E-state index in [0.29, 0.717) is 13.0 Å². The van der Waals surface area contributed by atoms with E-state index in [-0.39, 0.29) is 11.1 Å². The van der Waals surface area contributed by atoms with Gasteiger partial charge in [0, 0.05) is 43.2 Å². The average molecular weight is 408 g/mol. The van der Waals surface area contributed by atoms with E-state index in [9.17, 15) is 13.2 Å². The highest BCUT2D eigenvalue weighted by atomic mass is 19.2. The smallest absolute Gasteiger partial charge is 0.164 e. The van der Waals surface area contributed by atoms with E-state index >= 15 is 0 Å². The Morgan fingerprint density at radius 2 is 1.63 bits per heavy atom. The maximum atomic E-state index is 14.4. The molecule has 3 aromatic rings. The molecule has 30 heavy (non-hydrogen) atoms. The molecule has 0 bridgehead atoms. The SMILES string of the molecule is Cc1c(F)c(F)cc(C2=CCN(CCc3ccc(-c4ccncc4)cc3)CC2)c1F. The van der Waals surface area contributed by atoms with Crippen LogP contribution in [0.3, 0.4) is 0 Å². The normalized spacial score (nSPS) is 14.6. The van der Waals surface area contributed by atoms with Gasteiger partial charge >= 0.3 is 0 Å². The predicted molar refractivity (Wildman–Crippen MR) is 113 cm³/mol. The highest BCUT2D eigenvalue weighted by Crippen LogP contribution is 2.29. The van der Waals surface area contributed by atoms with Gasteiger partial charge in [-0.1, -0.05) is 30.3 Å². The Morgan fingerprint density at radius 1 is 0.933 bits per heavy atom. The van der Waals surface area contributed by atoms with Crippen molar-refractivity contribution >= 4 is 5.57 Å². The van der Waals surface area contributed by atoms with Crippen molar-refractivity contribution in [2.24, 2.45) is 0 Å². The first-order chi connectivity index (χ1) is 14.5. The lowest BCUT2D eigenvalue weighted by molar-refractivity contribution is 0.305. The Kier molecular flexibility index (Phi) is 6.00. The summed E-state index contributed by atoms with van der Waals surface area (Å²) in [5.74, 6) is -2.77. The van der Waals surface area contributed by atoms with Crippen molar-refractivity contribution in [3.05, 3.63) is 95.1 Å². The molecule has 0 aliphatic carbocycles. The third-order valence-electron chi connectivity index (χ3n) is 5.70. The predicted octanol–water partition coefficient (Wildman–Crippen LogP) is 5.81. The summed E-state index contributed by atoms with van der Waals surface area (Å²) in [6, 6.07) is 13.5. The molecular formula is C25H23F3N2. The highest BCUT2D eigenvalue weighted by Gasteiger charge is 2.20. The monoisotopic (exact) mass is 408 g/mol. The molecule has 0 spiro atoms. The van der Waals surface area contributed by atoms with Crippen LogP contribution in [0.25, 0.3) is 16.7 Å². The van der Waals surface area contributed by atoms with Gasteiger partial charge in [0.1, 0.15) is 5.82 Å². The summed E-state index contributed by atoms with van der Waals surface area (Å²) in [7, 11) is 0. The van der Waals surface area contributed by atoms with Gasteiger partial charge in [-0.15, -0.1) is 0 Å². The van der Waals surface area contributed by atoms with E-state index in [4.69, 9.17) is 0 Å². The van der Waals surface area contributed by atoms with E-state index < -0.39 is 17.5 Å². The molecular weight excluding hydrogens is 385 g/mol. The Labute approximate surface area is 174 Å². The van der Waals surface area contributed by atoms with Crippen LogP contribution in [0.2, 0.25) is 0 Å². The van der Waals surface area contributed by atoms with Gasteiger partial charge in [0.25, 0.3) is 0 Å². The zero-order valence-electron chi connectivity index (χ0n) is 16.8. The molecule has 0 atom stereocenters. The summed E-state index contributed by atoms with van der Waals surface area (Å²) >= 11 is 0. The summed E-state index contributed by atoms with van der Waals surface area (Å²) in [6.07, 6.45) is 7.02. The molecule has 2 aromatic carbocycles. The minimum Gasteiger partial charge on any atom is -0.299 e. The quantitative estimate of drug-likeness (QED) is 0.496. The topological polar surface area (TPSA) is 16.1 Å². The van der Waals surface area contributed by atoms with Crippen LogP contribution in [-0.2, 0) is 6.42 Å². The molecule has 1 aromatic heterocycles. The van der Waals surface area contributed by atoms with Crippen molar-refractivity contribution in [1.82, 2.24) is 9.88 Å². The fraction of sp³-hybridized carbons (Fsp3) is 0.240. The zero-order chi connectivity index (χ0) is 21.1. The number of hydrogen-bond acceptors (Lipinski definition) is 2. The number of rotatable bonds is 5. The first-order valence-electron chi connectivity index (χ1n) is 10.1. The van der Waals surface area contributed by atoms with Crippen molar-refractivity contribution in [2.45, 2.75) is 19.8 Å². The molecule has 0 fully saturated rings. The fourth-order valence-corrected chi connectivity index (χ4v) is 3.82. The van der Waals surface area contributed by atoms with E-state index in [1.165, 1.54) is 12.5 Å². The zero-order valence-corrected chi connectivity index (χ0v) is 16.8. The molecule has 0 radical (unpaired) electrons. The highest BCUT2D eigenvalue weighted by molar-refractivity contribution is 5.68. The third-order valence-corrected chi connectivity index (χ3v) is 5.70. The van der Waals surface area contributed by atoms with Gasteiger partial charge < -0.3 is 0 Å². The second kappa shape index (κ2) is 8.84. The minimum atomic E-state index is -1.11. The van der Waals surface area contributed by atoms with Gasteiger partial charge in [-0.25, -0.2) is 13.2 Å². The van der Waals surface area contributed by atoms with Crippen LogP contribution in [0.15, 0.2) is 60.9 Å². The lowest BCUT2D eigenvalue weighted by Crippen LogP contribution is -2.30. The van der Waals surface area contributed by atoms with Crippen LogP contribution in [-0.4, -0.2) is 29.5 Å². The maximum Gasteiger partial charge on any atom is 0.164 e. The van der Waals surface area contributed by atoms with E-state index in [1.54, 1.807) is 12.4 Å². The first kappa shape index (κ1) is 20.4. The molecule has 0 unspecified atom stereocenters. The van der Waals surface area contributed by atoms with Crippen LogP contribution in [0, 0.1) is 24.4 Å². The van der Waals surface area contributed by atoms with Crippen LogP contribution in [0.4, 0.5) is 13.2 Å². The van der Waals surface area contributed by atoms with Gasteiger partial charge in [-0.05, 0) is 60.2 Å². The van der Waals surface area contributed by atoms with E-state index in [2.05, 4.69) is 34.1 Å². The lowest BCUT2D eigenvalue weighted by atomic mass is 9.96. The molecule has 0 saturated carbocycles. The van der Waals surface area contributed by atoms with Crippen LogP contribution < -0.4 is 0 Å². The number of benzene rings is 2. The molecule has 0 saturated heterocycles. The first-order valence-corrected chi connectivity index (χ1v) is 10.1. The Morgan fingerprint density at radius 3 is 2.30 bits per heavy atom. The second-order valence-electron chi connectivity index (χ2n) is 7.62. The third kappa shape index (κ3) is 4.31. The summed E-state index contributed by atoms with van der Waals surface area (Å²) in [4.78, 5) is 6.33. The van der Waals surface area contributed by atoms with Crippen molar-refractivity contribution in [2.75, 3.05) is 19.6 Å². The lowest BCUT2D eigenvalue weighted by Gasteiger charge is -2.27.